The van der Waals surface area contributed by atoms with Crippen LogP contribution in [0.15, 0.2) is 0 Å². The minimum Gasteiger partial charge on any atom is -0.394 e. The summed E-state index contributed by atoms with van der Waals surface area (Å²) in [5, 5.41) is 12.6. The van der Waals surface area contributed by atoms with Crippen LogP contribution in [-0.2, 0) is 0 Å². The van der Waals surface area contributed by atoms with Gasteiger partial charge >= 0.3 is 0 Å². The normalized spacial score (nSPS) is 21.2. The average Bonchev–Trinajstić information content (AvgIpc) is 2.44. The SMILES string of the molecule is CCN(CCCC(C)(CO)NC)C1CCCCC1. The number of nitrogens with one attached hydrogen (secondary N) is 1. The first kappa shape index (κ1) is 15.9. The van der Waals surface area contributed by atoms with Gasteiger partial charge in [0.1, 0.15) is 0 Å². The van der Waals surface area contributed by atoms with E-state index in [-0.39, 0.29) is 12.1 Å². The molecule has 2 N–H and O–H groups in total. The quantitative estimate of drug-likeness (QED) is 0.700. The Bertz CT molecular complexity index is 211. The molecule has 1 saturated carbocycles. The predicted octanol–water partition coefficient (Wildman–Crippen LogP) is 2.39. The number of rotatable bonds is 8. The van der Waals surface area contributed by atoms with E-state index in [2.05, 4.69) is 24.1 Å². The van der Waals surface area contributed by atoms with E-state index in [0.717, 1.165) is 12.5 Å². The monoisotopic (exact) mass is 256 g/mol. The Hall–Kier alpha value is -0.120. The minimum atomic E-state index is -0.105. The molecule has 0 aromatic carbocycles. The molecule has 108 valence electrons. The fourth-order valence-electron chi connectivity index (χ4n) is 3.00. The molecule has 1 atom stereocenters. The Morgan fingerprint density at radius 3 is 2.44 bits per heavy atom. The smallest absolute Gasteiger partial charge is 0.0610 e. The van der Waals surface area contributed by atoms with Crippen molar-refractivity contribution in [1.82, 2.24) is 10.2 Å². The lowest BCUT2D eigenvalue weighted by Crippen LogP contribution is -2.44. The van der Waals surface area contributed by atoms with E-state index in [4.69, 9.17) is 0 Å². The molecule has 1 aliphatic rings. The molecular weight excluding hydrogens is 224 g/mol. The van der Waals surface area contributed by atoms with Crippen molar-refractivity contribution < 1.29 is 5.11 Å². The summed E-state index contributed by atoms with van der Waals surface area (Å²) in [6, 6.07) is 0.818. The molecular formula is C15H32N2O. The second kappa shape index (κ2) is 8.13. The Balaban J connectivity index is 2.30. The third-order valence-corrected chi connectivity index (χ3v) is 4.62. The molecule has 1 aliphatic carbocycles. The first-order chi connectivity index (χ1) is 8.65. The van der Waals surface area contributed by atoms with E-state index in [1.54, 1.807) is 0 Å². The van der Waals surface area contributed by atoms with Crippen LogP contribution in [-0.4, -0.2) is 48.3 Å². The molecule has 0 spiro atoms. The molecule has 0 bridgehead atoms. The Labute approximate surface area is 113 Å². The van der Waals surface area contributed by atoms with E-state index in [1.165, 1.54) is 51.6 Å². The zero-order valence-electron chi connectivity index (χ0n) is 12.5. The molecule has 3 heteroatoms. The molecule has 0 heterocycles. The fraction of sp³-hybridized carbons (Fsp3) is 1.00. The summed E-state index contributed by atoms with van der Waals surface area (Å²) < 4.78 is 0. The van der Waals surface area contributed by atoms with Crippen LogP contribution in [0.4, 0.5) is 0 Å². The third-order valence-electron chi connectivity index (χ3n) is 4.62. The summed E-state index contributed by atoms with van der Waals surface area (Å²) in [7, 11) is 1.94. The van der Waals surface area contributed by atoms with Crippen LogP contribution in [0.2, 0.25) is 0 Å². The molecule has 0 aromatic heterocycles. The zero-order chi connectivity index (χ0) is 13.4. The van der Waals surface area contributed by atoms with Crippen molar-refractivity contribution in [2.24, 2.45) is 0 Å². The van der Waals surface area contributed by atoms with Gasteiger partial charge in [-0.25, -0.2) is 0 Å². The Morgan fingerprint density at radius 2 is 1.94 bits per heavy atom. The molecule has 0 radical (unpaired) electrons. The second-order valence-electron chi connectivity index (χ2n) is 5.99. The van der Waals surface area contributed by atoms with Crippen LogP contribution >= 0.6 is 0 Å². The predicted molar refractivity (Wildman–Crippen MR) is 77.9 cm³/mol. The molecule has 18 heavy (non-hydrogen) atoms. The highest BCUT2D eigenvalue weighted by atomic mass is 16.3. The van der Waals surface area contributed by atoms with E-state index in [1.807, 2.05) is 7.05 Å². The van der Waals surface area contributed by atoms with Crippen molar-refractivity contribution in [3.63, 3.8) is 0 Å². The minimum absolute atomic E-state index is 0.105. The maximum Gasteiger partial charge on any atom is 0.0610 e. The molecule has 0 saturated heterocycles. The van der Waals surface area contributed by atoms with Crippen LogP contribution < -0.4 is 5.32 Å². The van der Waals surface area contributed by atoms with E-state index in [0.29, 0.717) is 0 Å². The molecule has 0 aromatic rings. The molecule has 3 nitrogen and oxygen atoms in total. The molecule has 0 amide bonds. The first-order valence-corrected chi connectivity index (χ1v) is 7.69. The van der Waals surface area contributed by atoms with Gasteiger partial charge in [-0.05, 0) is 52.7 Å². The Morgan fingerprint density at radius 1 is 1.28 bits per heavy atom. The van der Waals surface area contributed by atoms with Gasteiger partial charge in [0.05, 0.1) is 6.61 Å². The lowest BCUT2D eigenvalue weighted by molar-refractivity contribution is 0.139. The summed E-state index contributed by atoms with van der Waals surface area (Å²) >= 11 is 0. The average molecular weight is 256 g/mol. The van der Waals surface area contributed by atoms with E-state index >= 15 is 0 Å². The highest BCUT2D eigenvalue weighted by Gasteiger charge is 2.23. The van der Waals surface area contributed by atoms with Gasteiger partial charge in [-0.1, -0.05) is 26.2 Å². The van der Waals surface area contributed by atoms with Crippen molar-refractivity contribution in [2.45, 2.75) is 70.4 Å². The van der Waals surface area contributed by atoms with E-state index in [9.17, 15) is 5.11 Å². The number of hydrogen-bond donors (Lipinski definition) is 2. The van der Waals surface area contributed by atoms with Gasteiger partial charge in [-0.3, -0.25) is 0 Å². The summed E-state index contributed by atoms with van der Waals surface area (Å²) in [4.78, 5) is 2.65. The van der Waals surface area contributed by atoms with Crippen LogP contribution in [0.1, 0.15) is 58.8 Å². The summed E-state index contributed by atoms with van der Waals surface area (Å²) in [5.74, 6) is 0. The van der Waals surface area contributed by atoms with Crippen molar-refractivity contribution in [3.8, 4) is 0 Å². The lowest BCUT2D eigenvalue weighted by atomic mass is 9.93. The zero-order valence-corrected chi connectivity index (χ0v) is 12.5. The standard InChI is InChI=1S/C15H32N2O/c1-4-17(14-9-6-5-7-10-14)12-8-11-15(2,13-18)16-3/h14,16,18H,4-13H2,1-3H3. The number of nitrogens with zero attached hydrogens (tertiary/aromatic N) is 1. The molecule has 1 fully saturated rings. The number of hydrogen-bond acceptors (Lipinski definition) is 3. The summed E-state index contributed by atoms with van der Waals surface area (Å²) in [5.41, 5.74) is -0.105. The van der Waals surface area contributed by atoms with Crippen LogP contribution in [0.25, 0.3) is 0 Å². The van der Waals surface area contributed by atoms with Crippen molar-refractivity contribution >= 4 is 0 Å². The number of aliphatic hydroxyl groups is 1. The van der Waals surface area contributed by atoms with Crippen molar-refractivity contribution in [1.29, 1.82) is 0 Å². The van der Waals surface area contributed by atoms with Crippen molar-refractivity contribution in [2.75, 3.05) is 26.7 Å². The van der Waals surface area contributed by atoms with Crippen LogP contribution in [0, 0.1) is 0 Å². The lowest BCUT2D eigenvalue weighted by Gasteiger charge is -2.34. The molecule has 1 rings (SSSR count). The van der Waals surface area contributed by atoms with Gasteiger partial charge < -0.3 is 15.3 Å². The summed E-state index contributed by atoms with van der Waals surface area (Å²) in [6.45, 7) is 6.94. The van der Waals surface area contributed by atoms with Gasteiger partial charge in [0.2, 0.25) is 0 Å². The third kappa shape index (κ3) is 4.87. The van der Waals surface area contributed by atoms with E-state index < -0.39 is 0 Å². The van der Waals surface area contributed by atoms with Crippen LogP contribution in [0.5, 0.6) is 0 Å². The van der Waals surface area contributed by atoms with Gasteiger partial charge in [-0.2, -0.15) is 0 Å². The highest BCUT2D eigenvalue weighted by Crippen LogP contribution is 2.23. The van der Waals surface area contributed by atoms with Crippen LogP contribution in [0.3, 0.4) is 0 Å². The fourth-order valence-corrected chi connectivity index (χ4v) is 3.00. The van der Waals surface area contributed by atoms with Crippen molar-refractivity contribution in [3.05, 3.63) is 0 Å². The molecule has 0 aliphatic heterocycles. The Kier molecular flexibility index (Phi) is 7.20. The first-order valence-electron chi connectivity index (χ1n) is 7.69. The maximum atomic E-state index is 9.38. The molecule has 1 unspecified atom stereocenters. The largest absolute Gasteiger partial charge is 0.394 e. The van der Waals surface area contributed by atoms with Gasteiger partial charge in [0, 0.05) is 11.6 Å². The van der Waals surface area contributed by atoms with Gasteiger partial charge in [0.15, 0.2) is 0 Å². The number of likely N-dealkylation sites (N-methyl/N-ethyl adjacent to an activating group) is 1. The van der Waals surface area contributed by atoms with Gasteiger partial charge in [-0.15, -0.1) is 0 Å². The number of aliphatic hydroxyl groups excluding tert-OH is 1. The van der Waals surface area contributed by atoms with Gasteiger partial charge in [0.25, 0.3) is 0 Å². The highest BCUT2D eigenvalue weighted by molar-refractivity contribution is 4.82. The second-order valence-corrected chi connectivity index (χ2v) is 5.99. The topological polar surface area (TPSA) is 35.5 Å². The summed E-state index contributed by atoms with van der Waals surface area (Å²) in [6.07, 6.45) is 9.23. The maximum absolute atomic E-state index is 9.38.